The Hall–Kier alpha value is -3.32. The van der Waals surface area contributed by atoms with E-state index in [2.05, 4.69) is 4.74 Å². The first-order chi connectivity index (χ1) is 13.5. The molecule has 1 aromatic heterocycles. The fourth-order valence-electron chi connectivity index (χ4n) is 2.80. The summed E-state index contributed by atoms with van der Waals surface area (Å²) in [5, 5.41) is 8.86. The van der Waals surface area contributed by atoms with E-state index in [4.69, 9.17) is 5.26 Å². The number of hydrogen-bond acceptors (Lipinski definition) is 5. The van der Waals surface area contributed by atoms with E-state index in [0.29, 0.717) is 0 Å². The van der Waals surface area contributed by atoms with Crippen LogP contribution in [0.25, 0.3) is 10.9 Å². The number of fused-ring (bicyclic) bond motifs is 1. The lowest BCUT2D eigenvalue weighted by Crippen LogP contribution is -2.18. The van der Waals surface area contributed by atoms with Gasteiger partial charge in [0.15, 0.2) is 5.78 Å². The molecule has 1 heterocycles. The maximum Gasteiger partial charge on any atom is 0.573 e. The number of ketones is 1. The van der Waals surface area contributed by atoms with Crippen LogP contribution < -0.4 is 4.74 Å². The Morgan fingerprint density at radius 1 is 1.14 bits per heavy atom. The van der Waals surface area contributed by atoms with Crippen molar-refractivity contribution < 1.29 is 31.1 Å². The number of nitriles is 1. The zero-order valence-corrected chi connectivity index (χ0v) is 15.7. The number of benzene rings is 2. The molecule has 0 N–H and O–H groups in total. The Morgan fingerprint density at radius 2 is 1.79 bits per heavy atom. The van der Waals surface area contributed by atoms with E-state index in [1.165, 1.54) is 12.1 Å². The molecule has 0 amide bonds. The van der Waals surface area contributed by atoms with E-state index in [9.17, 15) is 26.4 Å². The van der Waals surface area contributed by atoms with Crippen LogP contribution in [0.15, 0.2) is 53.4 Å². The third-order valence-electron chi connectivity index (χ3n) is 4.05. The molecular weight excluding hydrogens is 409 g/mol. The molecule has 29 heavy (non-hydrogen) atoms. The first-order valence-electron chi connectivity index (χ1n) is 8.16. The lowest BCUT2D eigenvalue weighted by Gasteiger charge is -2.12. The number of carbonyl (C=O) groups excluding carboxylic acids is 1. The van der Waals surface area contributed by atoms with Crippen LogP contribution in [0.5, 0.6) is 5.75 Å². The first kappa shape index (κ1) is 20.4. The largest absolute Gasteiger partial charge is 0.573 e. The lowest BCUT2D eigenvalue weighted by molar-refractivity contribution is -0.274. The molecule has 10 heteroatoms. The van der Waals surface area contributed by atoms with Gasteiger partial charge in [-0.3, -0.25) is 4.79 Å². The summed E-state index contributed by atoms with van der Waals surface area (Å²) in [6, 6.07) is 11.7. The van der Waals surface area contributed by atoms with Gasteiger partial charge in [0.25, 0.3) is 10.0 Å². The number of rotatable bonds is 5. The van der Waals surface area contributed by atoms with Gasteiger partial charge in [0.2, 0.25) is 0 Å². The number of carbonyl (C=O) groups is 1. The molecule has 2 aromatic carbocycles. The Balaban J connectivity index is 2.25. The van der Waals surface area contributed by atoms with E-state index < -0.39 is 34.3 Å². The van der Waals surface area contributed by atoms with Crippen molar-refractivity contribution in [3.63, 3.8) is 0 Å². The van der Waals surface area contributed by atoms with Gasteiger partial charge in [-0.25, -0.2) is 12.4 Å². The SMILES string of the molecule is Cc1ccc(S(=O)(=O)n2c(C(=O)CC#N)cc3cc(OC(F)(F)F)ccc32)cc1. The van der Waals surface area contributed by atoms with Crippen LogP contribution >= 0.6 is 0 Å². The molecule has 0 fully saturated rings. The monoisotopic (exact) mass is 422 g/mol. The third kappa shape index (κ3) is 4.09. The van der Waals surface area contributed by atoms with Gasteiger partial charge in [-0.05, 0) is 43.3 Å². The molecule has 6 nitrogen and oxygen atoms in total. The van der Waals surface area contributed by atoms with E-state index in [-0.39, 0.29) is 21.5 Å². The van der Waals surface area contributed by atoms with Crippen molar-refractivity contribution in [2.24, 2.45) is 0 Å². The van der Waals surface area contributed by atoms with Gasteiger partial charge >= 0.3 is 6.36 Å². The fourth-order valence-corrected chi connectivity index (χ4v) is 4.33. The summed E-state index contributed by atoms with van der Waals surface area (Å²) in [6.45, 7) is 1.77. The Bertz CT molecular complexity index is 1240. The van der Waals surface area contributed by atoms with Crippen molar-refractivity contribution in [1.29, 1.82) is 5.26 Å². The van der Waals surface area contributed by atoms with Crippen molar-refractivity contribution in [1.82, 2.24) is 3.97 Å². The second-order valence-electron chi connectivity index (χ2n) is 6.14. The van der Waals surface area contributed by atoms with Gasteiger partial charge in [0.1, 0.15) is 17.9 Å². The third-order valence-corrected chi connectivity index (χ3v) is 5.79. The van der Waals surface area contributed by atoms with Gasteiger partial charge in [0, 0.05) is 5.39 Å². The average Bonchev–Trinajstić information content (AvgIpc) is 3.00. The summed E-state index contributed by atoms with van der Waals surface area (Å²) < 4.78 is 68.4. The summed E-state index contributed by atoms with van der Waals surface area (Å²) in [4.78, 5) is 12.3. The van der Waals surface area contributed by atoms with Crippen LogP contribution in [-0.4, -0.2) is 24.5 Å². The minimum absolute atomic E-state index is 0.0126. The lowest BCUT2D eigenvalue weighted by atomic mass is 10.2. The molecule has 0 spiro atoms. The normalized spacial score (nSPS) is 12.0. The van der Waals surface area contributed by atoms with Gasteiger partial charge in [-0.1, -0.05) is 17.7 Å². The van der Waals surface area contributed by atoms with E-state index in [1.54, 1.807) is 25.1 Å². The molecule has 0 unspecified atom stereocenters. The number of nitrogens with zero attached hydrogens (tertiary/aromatic N) is 2. The highest BCUT2D eigenvalue weighted by molar-refractivity contribution is 7.90. The number of aromatic nitrogens is 1. The molecule has 0 radical (unpaired) electrons. The summed E-state index contributed by atoms with van der Waals surface area (Å²) in [5.41, 5.74) is 0.476. The van der Waals surface area contributed by atoms with Crippen molar-refractivity contribution in [2.75, 3.05) is 0 Å². The van der Waals surface area contributed by atoms with E-state index in [1.807, 2.05) is 0 Å². The summed E-state index contributed by atoms with van der Waals surface area (Å²) in [7, 11) is -4.26. The molecule has 0 aliphatic rings. The first-order valence-corrected chi connectivity index (χ1v) is 9.60. The quantitative estimate of drug-likeness (QED) is 0.576. The average molecular weight is 422 g/mol. The van der Waals surface area contributed by atoms with Gasteiger partial charge in [-0.2, -0.15) is 5.26 Å². The topological polar surface area (TPSA) is 89.2 Å². The molecule has 150 valence electrons. The molecule has 3 aromatic rings. The summed E-state index contributed by atoms with van der Waals surface area (Å²) in [6.07, 6.45) is -5.52. The predicted octanol–water partition coefficient (Wildman–Crippen LogP) is 4.18. The van der Waals surface area contributed by atoms with Crippen LogP contribution in [0.1, 0.15) is 22.5 Å². The molecule has 0 atom stereocenters. The Labute approximate surface area is 163 Å². The second-order valence-corrected chi connectivity index (χ2v) is 7.93. The highest BCUT2D eigenvalue weighted by Crippen LogP contribution is 2.31. The van der Waals surface area contributed by atoms with Crippen molar-refractivity contribution in [3.8, 4) is 11.8 Å². The maximum absolute atomic E-state index is 13.2. The number of alkyl halides is 3. The number of aryl methyl sites for hydroxylation is 1. The maximum atomic E-state index is 13.2. The number of ether oxygens (including phenoxy) is 1. The Kier molecular flexibility index (Phi) is 5.11. The smallest absolute Gasteiger partial charge is 0.406 e. The number of hydrogen-bond donors (Lipinski definition) is 0. The van der Waals surface area contributed by atoms with Crippen LogP contribution in [0, 0.1) is 18.3 Å². The van der Waals surface area contributed by atoms with Crippen molar-refractivity contribution in [2.45, 2.75) is 24.6 Å². The molecule has 0 bridgehead atoms. The van der Waals surface area contributed by atoms with Crippen LogP contribution in [-0.2, 0) is 10.0 Å². The molecule has 0 aliphatic carbocycles. The summed E-state index contributed by atoms with van der Waals surface area (Å²) in [5.74, 6) is -1.34. The molecule has 0 aliphatic heterocycles. The van der Waals surface area contributed by atoms with Crippen LogP contribution in [0.3, 0.4) is 0 Å². The highest BCUT2D eigenvalue weighted by atomic mass is 32.2. The summed E-state index contributed by atoms with van der Waals surface area (Å²) >= 11 is 0. The second kappa shape index (κ2) is 7.25. The van der Waals surface area contributed by atoms with Crippen molar-refractivity contribution >= 4 is 26.7 Å². The highest BCUT2D eigenvalue weighted by Gasteiger charge is 2.32. The Morgan fingerprint density at radius 3 is 2.38 bits per heavy atom. The van der Waals surface area contributed by atoms with Crippen molar-refractivity contribution in [3.05, 3.63) is 59.8 Å². The minimum Gasteiger partial charge on any atom is -0.406 e. The zero-order chi connectivity index (χ0) is 21.4. The standard InChI is InChI=1S/C19H13F3N2O4S/c1-12-2-5-15(6-3-12)29(26,27)24-16-7-4-14(28-19(20,21)22)10-13(16)11-17(24)18(25)8-9-23/h2-7,10-11H,8H2,1H3. The zero-order valence-electron chi connectivity index (χ0n) is 14.9. The number of Topliss-reactive ketones (excluding diaryl/α,β-unsaturated/α-hetero) is 1. The van der Waals surface area contributed by atoms with E-state index in [0.717, 1.165) is 33.8 Å². The molecule has 0 saturated heterocycles. The fraction of sp³-hybridized carbons (Fsp3) is 0.158. The van der Waals surface area contributed by atoms with Crippen LogP contribution in [0.2, 0.25) is 0 Å². The van der Waals surface area contributed by atoms with Gasteiger partial charge < -0.3 is 4.74 Å². The van der Waals surface area contributed by atoms with Gasteiger partial charge in [-0.15, -0.1) is 13.2 Å². The molecule has 3 rings (SSSR count). The molecule has 0 saturated carbocycles. The number of halogens is 3. The molecular formula is C19H13F3N2O4S. The predicted molar refractivity (Wildman–Crippen MR) is 96.9 cm³/mol. The minimum atomic E-state index is -4.93. The van der Waals surface area contributed by atoms with E-state index >= 15 is 0 Å². The van der Waals surface area contributed by atoms with Crippen LogP contribution in [0.4, 0.5) is 13.2 Å². The van der Waals surface area contributed by atoms with Gasteiger partial charge in [0.05, 0.1) is 16.5 Å².